The van der Waals surface area contributed by atoms with Crippen molar-refractivity contribution in [2.45, 2.75) is 32.6 Å². The van der Waals surface area contributed by atoms with Gasteiger partial charge < -0.3 is 14.8 Å². The maximum atomic E-state index is 14.1. The fourth-order valence-electron chi connectivity index (χ4n) is 3.23. The Balaban J connectivity index is 2.14. The van der Waals surface area contributed by atoms with Gasteiger partial charge in [-0.3, -0.25) is 4.79 Å². The van der Waals surface area contributed by atoms with E-state index in [1.54, 1.807) is 12.1 Å². The number of aromatic nitrogens is 1. The smallest absolute Gasteiger partial charge is 0.307 e. The fourth-order valence-corrected chi connectivity index (χ4v) is 3.23. The van der Waals surface area contributed by atoms with Crippen LogP contribution in [0.25, 0.3) is 22.2 Å². The molecule has 0 unspecified atom stereocenters. The van der Waals surface area contributed by atoms with E-state index in [0.29, 0.717) is 16.8 Å². The number of hydrogen-bond acceptors (Lipinski definition) is 2. The molecule has 0 aliphatic rings. The van der Waals surface area contributed by atoms with Crippen LogP contribution < -0.4 is 4.74 Å². The third-order valence-electron chi connectivity index (χ3n) is 4.56. The van der Waals surface area contributed by atoms with Gasteiger partial charge in [0.2, 0.25) is 0 Å². The zero-order valence-electron chi connectivity index (χ0n) is 14.9. The summed E-state index contributed by atoms with van der Waals surface area (Å²) < 4.78 is 19.1. The first-order chi connectivity index (χ1) is 12.5. The summed E-state index contributed by atoms with van der Waals surface area (Å²) in [5.41, 5.74) is 3.95. The molecule has 5 heteroatoms. The summed E-state index contributed by atoms with van der Waals surface area (Å²) in [6, 6.07) is 10.7. The second-order valence-electron chi connectivity index (χ2n) is 6.38. The van der Waals surface area contributed by atoms with Crippen LogP contribution in [-0.2, 0) is 17.6 Å². The van der Waals surface area contributed by atoms with Gasteiger partial charge in [-0.05, 0) is 54.3 Å². The van der Waals surface area contributed by atoms with E-state index in [-0.39, 0.29) is 12.2 Å². The molecule has 0 fully saturated rings. The molecule has 2 aromatic carbocycles. The number of aryl methyl sites for hydroxylation is 1. The quantitative estimate of drug-likeness (QED) is 0.630. The number of carboxylic acids is 1. The van der Waals surface area contributed by atoms with E-state index in [1.807, 2.05) is 12.1 Å². The second kappa shape index (κ2) is 7.60. The van der Waals surface area contributed by atoms with Crippen LogP contribution in [0, 0.1) is 5.82 Å². The molecule has 0 bridgehead atoms. The van der Waals surface area contributed by atoms with Crippen molar-refractivity contribution >= 4 is 16.9 Å². The second-order valence-corrected chi connectivity index (χ2v) is 6.38. The molecule has 0 aliphatic carbocycles. The van der Waals surface area contributed by atoms with E-state index < -0.39 is 11.8 Å². The molecule has 0 atom stereocenters. The molecular weight excluding hydrogens is 333 g/mol. The summed E-state index contributed by atoms with van der Waals surface area (Å²) in [6.45, 7) is 2.14. The van der Waals surface area contributed by atoms with Gasteiger partial charge in [0.15, 0.2) is 11.6 Å². The maximum Gasteiger partial charge on any atom is 0.307 e. The summed E-state index contributed by atoms with van der Waals surface area (Å²) in [4.78, 5) is 14.7. The largest absolute Gasteiger partial charge is 0.494 e. The Hall–Kier alpha value is -2.82. The lowest BCUT2D eigenvalue weighted by Gasteiger charge is -2.06. The molecule has 0 saturated heterocycles. The summed E-state index contributed by atoms with van der Waals surface area (Å²) in [7, 11) is 1.41. The molecule has 1 aromatic heterocycles. The number of ether oxygens (including phenoxy) is 1. The number of hydrogen-bond donors (Lipinski definition) is 2. The molecule has 3 rings (SSSR count). The van der Waals surface area contributed by atoms with Crippen molar-refractivity contribution in [3.63, 3.8) is 0 Å². The van der Waals surface area contributed by atoms with Crippen LogP contribution in [0.3, 0.4) is 0 Å². The summed E-state index contributed by atoms with van der Waals surface area (Å²) in [6.07, 6.45) is 3.01. The predicted molar refractivity (Wildman–Crippen MR) is 100 cm³/mol. The minimum absolute atomic E-state index is 0.125. The first-order valence-corrected chi connectivity index (χ1v) is 8.72. The molecule has 0 amide bonds. The van der Waals surface area contributed by atoms with Gasteiger partial charge in [-0.15, -0.1) is 0 Å². The molecule has 136 valence electrons. The summed E-state index contributed by atoms with van der Waals surface area (Å²) in [5.74, 6) is -1.24. The zero-order valence-corrected chi connectivity index (χ0v) is 14.9. The Morgan fingerprint density at radius 3 is 2.69 bits per heavy atom. The minimum Gasteiger partial charge on any atom is -0.494 e. The van der Waals surface area contributed by atoms with Crippen LogP contribution in [0.15, 0.2) is 36.4 Å². The third-order valence-corrected chi connectivity index (χ3v) is 4.56. The highest BCUT2D eigenvalue weighted by atomic mass is 19.1. The number of carbonyl (C=O) groups is 1. The number of fused-ring (bicyclic) bond motifs is 1. The van der Waals surface area contributed by atoms with Gasteiger partial charge >= 0.3 is 5.97 Å². The number of carboxylic acid groups (broad SMARTS) is 1. The van der Waals surface area contributed by atoms with E-state index in [4.69, 9.17) is 4.74 Å². The Kier molecular flexibility index (Phi) is 5.26. The van der Waals surface area contributed by atoms with Crippen LogP contribution in [0.1, 0.15) is 30.9 Å². The van der Waals surface area contributed by atoms with Crippen LogP contribution in [0.4, 0.5) is 4.39 Å². The number of H-pyrrole nitrogens is 1. The molecule has 1 heterocycles. The molecule has 0 spiro atoms. The van der Waals surface area contributed by atoms with E-state index in [0.717, 1.165) is 30.2 Å². The van der Waals surface area contributed by atoms with Crippen molar-refractivity contribution in [1.29, 1.82) is 0 Å². The van der Waals surface area contributed by atoms with E-state index in [1.165, 1.54) is 18.7 Å². The standard InChI is InChI=1S/C21H22FNO3/c1-3-4-5-13-6-8-18-15(10-13)16(12-20(24)25)21(23-18)14-7-9-19(26-2)17(22)11-14/h6-11,23H,3-5,12H2,1-2H3,(H,24,25). The minimum atomic E-state index is -0.917. The number of unbranched alkanes of at least 4 members (excludes halogenated alkanes) is 1. The molecule has 26 heavy (non-hydrogen) atoms. The molecule has 4 nitrogen and oxygen atoms in total. The highest BCUT2D eigenvalue weighted by molar-refractivity contribution is 5.94. The van der Waals surface area contributed by atoms with Crippen molar-refractivity contribution in [3.8, 4) is 17.0 Å². The van der Waals surface area contributed by atoms with Crippen molar-refractivity contribution in [3.05, 3.63) is 53.3 Å². The average Bonchev–Trinajstić information content (AvgIpc) is 2.97. The first-order valence-electron chi connectivity index (χ1n) is 8.72. The van der Waals surface area contributed by atoms with Crippen molar-refractivity contribution in [1.82, 2.24) is 4.98 Å². The van der Waals surface area contributed by atoms with Gasteiger partial charge in [-0.25, -0.2) is 4.39 Å². The topological polar surface area (TPSA) is 62.3 Å². The number of benzene rings is 2. The lowest BCUT2D eigenvalue weighted by Crippen LogP contribution is -2.01. The molecule has 2 N–H and O–H groups in total. The van der Waals surface area contributed by atoms with Gasteiger partial charge in [-0.1, -0.05) is 19.4 Å². The molecule has 0 radical (unpaired) electrons. The van der Waals surface area contributed by atoms with Crippen LogP contribution in [0.2, 0.25) is 0 Å². The lowest BCUT2D eigenvalue weighted by molar-refractivity contribution is -0.136. The van der Waals surface area contributed by atoms with E-state index >= 15 is 0 Å². The van der Waals surface area contributed by atoms with Crippen molar-refractivity contribution in [2.75, 3.05) is 7.11 Å². The SMILES string of the molecule is CCCCc1ccc2[nH]c(-c3ccc(OC)c(F)c3)c(CC(=O)O)c2c1. The van der Waals surface area contributed by atoms with E-state index in [9.17, 15) is 14.3 Å². The zero-order chi connectivity index (χ0) is 18.7. The predicted octanol–water partition coefficient (Wildman–Crippen LogP) is 4.95. The molecule has 0 aliphatic heterocycles. The normalized spacial score (nSPS) is 11.0. The molecule has 0 saturated carbocycles. The Morgan fingerprint density at radius 1 is 1.23 bits per heavy atom. The molecule has 3 aromatic rings. The van der Waals surface area contributed by atoms with Gasteiger partial charge in [0, 0.05) is 16.5 Å². The monoisotopic (exact) mass is 355 g/mol. The van der Waals surface area contributed by atoms with Crippen LogP contribution in [-0.4, -0.2) is 23.2 Å². The van der Waals surface area contributed by atoms with Crippen molar-refractivity contribution < 1.29 is 19.0 Å². The van der Waals surface area contributed by atoms with E-state index in [2.05, 4.69) is 18.0 Å². The van der Waals surface area contributed by atoms with Gasteiger partial charge in [0.05, 0.1) is 19.2 Å². The highest BCUT2D eigenvalue weighted by Gasteiger charge is 2.17. The number of methoxy groups -OCH3 is 1. The number of aromatic amines is 1. The van der Waals surface area contributed by atoms with Crippen LogP contribution >= 0.6 is 0 Å². The lowest BCUT2D eigenvalue weighted by atomic mass is 10.00. The number of halogens is 1. The number of aliphatic carboxylic acids is 1. The number of rotatable bonds is 7. The van der Waals surface area contributed by atoms with Crippen LogP contribution in [0.5, 0.6) is 5.75 Å². The summed E-state index contributed by atoms with van der Waals surface area (Å²) in [5, 5.41) is 10.2. The Morgan fingerprint density at radius 2 is 2.04 bits per heavy atom. The fraction of sp³-hybridized carbons (Fsp3) is 0.286. The third kappa shape index (κ3) is 3.57. The Bertz CT molecular complexity index is 946. The van der Waals surface area contributed by atoms with Gasteiger partial charge in [-0.2, -0.15) is 0 Å². The van der Waals surface area contributed by atoms with Crippen molar-refractivity contribution in [2.24, 2.45) is 0 Å². The average molecular weight is 355 g/mol. The summed E-state index contributed by atoms with van der Waals surface area (Å²) >= 11 is 0. The maximum absolute atomic E-state index is 14.1. The van der Waals surface area contributed by atoms with Gasteiger partial charge in [0.1, 0.15) is 0 Å². The number of nitrogens with one attached hydrogen (secondary N) is 1. The van der Waals surface area contributed by atoms with Gasteiger partial charge in [0.25, 0.3) is 0 Å². The first kappa shape index (κ1) is 18.0. The molecular formula is C21H22FNO3. The highest BCUT2D eigenvalue weighted by Crippen LogP contribution is 2.33. The Labute approximate surface area is 151 Å².